The molecule has 1 atom stereocenters. The summed E-state index contributed by atoms with van der Waals surface area (Å²) in [5.41, 5.74) is 2.87. The number of ether oxygens (including phenoxy) is 1. The van der Waals surface area contributed by atoms with E-state index >= 15 is 0 Å². The first-order valence-electron chi connectivity index (χ1n) is 15.9. The highest BCUT2D eigenvalue weighted by Crippen LogP contribution is 2.43. The molecule has 1 unspecified atom stereocenters. The number of nitrogens with one attached hydrogen (secondary N) is 3. The van der Waals surface area contributed by atoms with Gasteiger partial charge < -0.3 is 15.0 Å². The zero-order valence-electron chi connectivity index (χ0n) is 25.0. The molecule has 1 aromatic heterocycles. The summed E-state index contributed by atoms with van der Waals surface area (Å²) in [6.45, 7) is 0. The summed E-state index contributed by atoms with van der Waals surface area (Å²) < 4.78 is 42.0. The maximum Gasteiger partial charge on any atom is 0.573 e. The third-order valence-corrected chi connectivity index (χ3v) is 9.62. The van der Waals surface area contributed by atoms with Crippen molar-refractivity contribution in [3.05, 3.63) is 59.2 Å². The fourth-order valence-corrected chi connectivity index (χ4v) is 7.55. The lowest BCUT2D eigenvalue weighted by molar-refractivity contribution is -0.274. The van der Waals surface area contributed by atoms with Gasteiger partial charge in [-0.25, -0.2) is 4.79 Å². The SMILES string of the molecule is O=C(Nc1nn[nH]n1)c1ccc2c(c1)CCCC2N(C(=O)Nc1ccc(OC(F)(F)F)cc1)C1CCC(C2CCCCC2)CC1. The van der Waals surface area contributed by atoms with Gasteiger partial charge >= 0.3 is 12.4 Å². The molecule has 2 fully saturated rings. The number of hydrogen-bond donors (Lipinski definition) is 3. The van der Waals surface area contributed by atoms with Crippen molar-refractivity contribution in [3.8, 4) is 5.75 Å². The van der Waals surface area contributed by atoms with Crippen LogP contribution in [0.5, 0.6) is 5.75 Å². The Morgan fingerprint density at radius 3 is 2.29 bits per heavy atom. The van der Waals surface area contributed by atoms with Crippen molar-refractivity contribution in [1.29, 1.82) is 0 Å². The van der Waals surface area contributed by atoms with Gasteiger partial charge in [0.15, 0.2) is 0 Å². The van der Waals surface area contributed by atoms with E-state index < -0.39 is 6.36 Å². The number of H-pyrrole nitrogens is 1. The minimum Gasteiger partial charge on any atom is -0.406 e. The molecule has 6 rings (SSSR count). The van der Waals surface area contributed by atoms with E-state index in [0.717, 1.165) is 62.0 Å². The number of tetrazole rings is 1. The number of aromatic amines is 1. The minimum absolute atomic E-state index is 0.0230. The van der Waals surface area contributed by atoms with E-state index in [-0.39, 0.29) is 35.7 Å². The molecule has 240 valence electrons. The molecule has 3 amide bonds. The molecular formula is C32H38F3N7O3. The highest BCUT2D eigenvalue weighted by Gasteiger charge is 2.38. The van der Waals surface area contributed by atoms with E-state index in [1.165, 1.54) is 56.4 Å². The van der Waals surface area contributed by atoms with Crippen LogP contribution >= 0.6 is 0 Å². The molecule has 3 aliphatic carbocycles. The van der Waals surface area contributed by atoms with Crippen molar-refractivity contribution in [2.24, 2.45) is 11.8 Å². The first-order valence-corrected chi connectivity index (χ1v) is 15.9. The lowest BCUT2D eigenvalue weighted by atomic mass is 9.72. The number of halogens is 3. The molecule has 0 saturated heterocycles. The number of benzene rings is 2. The molecule has 1 heterocycles. The van der Waals surface area contributed by atoms with Crippen LogP contribution < -0.4 is 15.4 Å². The van der Waals surface area contributed by atoms with Crippen LogP contribution in [0.3, 0.4) is 0 Å². The predicted molar refractivity (Wildman–Crippen MR) is 161 cm³/mol. The van der Waals surface area contributed by atoms with Crippen LogP contribution in [0.25, 0.3) is 0 Å². The fraction of sp³-hybridized carbons (Fsp3) is 0.531. The van der Waals surface area contributed by atoms with Gasteiger partial charge in [0.25, 0.3) is 11.9 Å². The summed E-state index contributed by atoms with van der Waals surface area (Å²) in [6.07, 6.45) is 8.11. The number of fused-ring (bicyclic) bond motifs is 1. The molecule has 2 aromatic carbocycles. The van der Waals surface area contributed by atoms with Gasteiger partial charge in [0, 0.05) is 17.3 Å². The molecular weight excluding hydrogens is 587 g/mol. The normalized spacial score (nSPS) is 22.2. The van der Waals surface area contributed by atoms with Gasteiger partial charge in [0.05, 0.1) is 6.04 Å². The molecule has 0 spiro atoms. The Morgan fingerprint density at radius 1 is 0.867 bits per heavy atom. The smallest absolute Gasteiger partial charge is 0.406 e. The number of anilines is 2. The van der Waals surface area contributed by atoms with Crippen LogP contribution in [0, 0.1) is 11.8 Å². The van der Waals surface area contributed by atoms with Crippen molar-refractivity contribution in [3.63, 3.8) is 0 Å². The third-order valence-electron chi connectivity index (χ3n) is 9.62. The van der Waals surface area contributed by atoms with Crippen LogP contribution in [0.15, 0.2) is 42.5 Å². The molecule has 3 N–H and O–H groups in total. The van der Waals surface area contributed by atoms with Crippen LogP contribution in [-0.2, 0) is 6.42 Å². The average molecular weight is 626 g/mol. The van der Waals surface area contributed by atoms with Gasteiger partial charge in [-0.3, -0.25) is 10.1 Å². The number of amides is 3. The lowest BCUT2D eigenvalue weighted by Crippen LogP contribution is -2.48. The van der Waals surface area contributed by atoms with E-state index in [0.29, 0.717) is 17.2 Å². The maximum absolute atomic E-state index is 14.1. The zero-order valence-corrected chi connectivity index (χ0v) is 25.0. The largest absolute Gasteiger partial charge is 0.573 e. The van der Waals surface area contributed by atoms with Gasteiger partial charge in [-0.2, -0.15) is 5.21 Å². The number of aromatic nitrogens is 4. The number of urea groups is 1. The van der Waals surface area contributed by atoms with E-state index in [4.69, 9.17) is 0 Å². The van der Waals surface area contributed by atoms with E-state index in [9.17, 15) is 22.8 Å². The van der Waals surface area contributed by atoms with Crippen LogP contribution in [0.1, 0.15) is 98.2 Å². The second kappa shape index (κ2) is 13.5. The Bertz CT molecular complexity index is 1450. The molecule has 0 bridgehead atoms. The van der Waals surface area contributed by atoms with Gasteiger partial charge in [-0.15, -0.1) is 18.3 Å². The molecule has 3 aliphatic rings. The monoisotopic (exact) mass is 625 g/mol. The number of hydrogen-bond acceptors (Lipinski definition) is 6. The highest BCUT2D eigenvalue weighted by molar-refractivity contribution is 6.03. The Balaban J connectivity index is 1.23. The molecule has 2 saturated carbocycles. The van der Waals surface area contributed by atoms with Crippen LogP contribution in [0.4, 0.5) is 29.6 Å². The Labute approximate surface area is 259 Å². The van der Waals surface area contributed by atoms with Crippen molar-refractivity contribution < 1.29 is 27.5 Å². The second-order valence-electron chi connectivity index (χ2n) is 12.4. The van der Waals surface area contributed by atoms with E-state index in [1.54, 1.807) is 6.07 Å². The summed E-state index contributed by atoms with van der Waals surface area (Å²) in [5.74, 6) is 0.840. The van der Waals surface area contributed by atoms with E-state index in [1.807, 2.05) is 17.0 Å². The number of nitrogens with zero attached hydrogens (tertiary/aromatic N) is 4. The summed E-state index contributed by atoms with van der Waals surface area (Å²) >= 11 is 0. The van der Waals surface area contributed by atoms with Gasteiger partial charge in [0.2, 0.25) is 0 Å². The molecule has 45 heavy (non-hydrogen) atoms. The predicted octanol–water partition coefficient (Wildman–Crippen LogP) is 7.40. The summed E-state index contributed by atoms with van der Waals surface area (Å²) in [6, 6.07) is 10.3. The first-order chi connectivity index (χ1) is 21.7. The number of aryl methyl sites for hydroxylation is 1. The molecule has 0 aliphatic heterocycles. The van der Waals surface area contributed by atoms with Crippen molar-refractivity contribution >= 4 is 23.6 Å². The topological polar surface area (TPSA) is 125 Å². The summed E-state index contributed by atoms with van der Waals surface area (Å²) in [4.78, 5) is 28.9. The van der Waals surface area contributed by atoms with Gasteiger partial charge in [0.1, 0.15) is 5.75 Å². The number of rotatable bonds is 7. The molecule has 10 nitrogen and oxygen atoms in total. The van der Waals surface area contributed by atoms with Gasteiger partial charge in [-0.1, -0.05) is 43.3 Å². The second-order valence-corrected chi connectivity index (χ2v) is 12.4. The third kappa shape index (κ3) is 7.56. The summed E-state index contributed by atoms with van der Waals surface area (Å²) in [5, 5.41) is 18.9. The Morgan fingerprint density at radius 2 is 1.60 bits per heavy atom. The molecule has 0 radical (unpaired) electrons. The molecule has 3 aromatic rings. The van der Waals surface area contributed by atoms with Crippen molar-refractivity contribution in [2.75, 3.05) is 10.6 Å². The quantitative estimate of drug-likeness (QED) is 0.251. The van der Waals surface area contributed by atoms with Gasteiger partial charge in [-0.05, 0) is 110 Å². The highest BCUT2D eigenvalue weighted by atomic mass is 19.4. The Hall–Kier alpha value is -4.16. The average Bonchev–Trinajstić information content (AvgIpc) is 3.55. The zero-order chi connectivity index (χ0) is 31.4. The number of carbonyl (C=O) groups is 2. The van der Waals surface area contributed by atoms with Crippen molar-refractivity contribution in [1.82, 2.24) is 25.5 Å². The molecule has 13 heteroatoms. The number of alkyl halides is 3. The first kappa shape index (κ1) is 30.8. The minimum atomic E-state index is -4.79. The van der Waals surface area contributed by atoms with Crippen LogP contribution in [-0.4, -0.2) is 49.9 Å². The Kier molecular flexibility index (Phi) is 9.22. The number of carbonyl (C=O) groups excluding carboxylic acids is 2. The summed E-state index contributed by atoms with van der Waals surface area (Å²) in [7, 11) is 0. The van der Waals surface area contributed by atoms with Crippen molar-refractivity contribution in [2.45, 2.75) is 95.5 Å². The van der Waals surface area contributed by atoms with E-state index in [2.05, 4.69) is 36.0 Å². The maximum atomic E-state index is 14.1. The van der Waals surface area contributed by atoms with Crippen LogP contribution in [0.2, 0.25) is 0 Å². The standard InChI is InChI=1S/C32H38F3N7O3/c33-32(34,35)45-26-16-12-24(13-17-26)36-31(44)42(25-14-9-21(10-15-25)20-5-2-1-3-6-20)28-8-4-7-22-19-23(11-18-27(22)28)29(43)37-30-38-40-41-39-30/h11-13,16-21,25,28H,1-10,14-15H2,(H,36,44)(H2,37,38,39,40,41,43). The fourth-order valence-electron chi connectivity index (χ4n) is 7.55. The lowest BCUT2D eigenvalue weighted by Gasteiger charge is -2.45.